The lowest BCUT2D eigenvalue weighted by Gasteiger charge is -2.25. The van der Waals surface area contributed by atoms with Gasteiger partial charge in [-0.05, 0) is 19.3 Å². The minimum atomic E-state index is -0.158. The van der Waals surface area contributed by atoms with Crippen LogP contribution in [0, 0.1) is 0 Å². The molecule has 0 amide bonds. The molecule has 1 fully saturated rings. The van der Waals surface area contributed by atoms with Gasteiger partial charge in [-0.15, -0.1) is 0 Å². The Bertz CT molecular complexity index is 203. The highest BCUT2D eigenvalue weighted by atomic mass is 16.5. The second-order valence-electron chi connectivity index (χ2n) is 3.57. The Labute approximate surface area is 72.5 Å². The van der Waals surface area contributed by atoms with Crippen molar-refractivity contribution in [3.8, 4) is 0 Å². The summed E-state index contributed by atoms with van der Waals surface area (Å²) in [6, 6.07) is 0.240. The fourth-order valence-electron chi connectivity index (χ4n) is 1.94. The fraction of sp³-hybridized carbons (Fsp3) is 0.889. The van der Waals surface area contributed by atoms with Gasteiger partial charge in [0.2, 0.25) is 0 Å². The molecule has 3 nitrogen and oxygen atoms in total. The molecule has 1 N–H and O–H groups in total. The van der Waals surface area contributed by atoms with E-state index in [9.17, 15) is 5.11 Å². The van der Waals surface area contributed by atoms with Crippen molar-refractivity contribution in [3.05, 3.63) is 0 Å². The number of hydrogen-bond donors (Lipinski definition) is 1. The molecule has 3 unspecified atom stereocenters. The van der Waals surface area contributed by atoms with Gasteiger partial charge in [-0.1, -0.05) is 6.92 Å². The highest BCUT2D eigenvalue weighted by molar-refractivity contribution is 5.77. The summed E-state index contributed by atoms with van der Waals surface area (Å²) < 4.78 is 5.60. The molecule has 3 atom stereocenters. The SMILES string of the molecule is CCC1=NC2CC(O)CCC2O1. The van der Waals surface area contributed by atoms with E-state index in [1.807, 2.05) is 6.92 Å². The van der Waals surface area contributed by atoms with E-state index in [-0.39, 0.29) is 18.2 Å². The van der Waals surface area contributed by atoms with Crippen LogP contribution in [0.25, 0.3) is 0 Å². The van der Waals surface area contributed by atoms with Crippen LogP contribution in [-0.2, 0) is 4.74 Å². The quantitative estimate of drug-likeness (QED) is 0.638. The lowest BCUT2D eigenvalue weighted by Crippen LogP contribution is -2.33. The summed E-state index contributed by atoms with van der Waals surface area (Å²) in [5.41, 5.74) is 0. The first-order chi connectivity index (χ1) is 5.79. The molecule has 0 aromatic heterocycles. The van der Waals surface area contributed by atoms with Gasteiger partial charge in [0.05, 0.1) is 12.1 Å². The van der Waals surface area contributed by atoms with Gasteiger partial charge < -0.3 is 9.84 Å². The van der Waals surface area contributed by atoms with E-state index in [0.29, 0.717) is 0 Å². The molecule has 1 aliphatic carbocycles. The summed E-state index contributed by atoms with van der Waals surface area (Å²) in [4.78, 5) is 4.41. The molecule has 0 saturated heterocycles. The maximum atomic E-state index is 9.39. The fourth-order valence-corrected chi connectivity index (χ4v) is 1.94. The van der Waals surface area contributed by atoms with Crippen LogP contribution in [0.5, 0.6) is 0 Å². The van der Waals surface area contributed by atoms with E-state index in [1.165, 1.54) is 0 Å². The lowest BCUT2D eigenvalue weighted by molar-refractivity contribution is 0.0615. The number of ether oxygens (including phenoxy) is 1. The first-order valence-electron chi connectivity index (χ1n) is 4.71. The van der Waals surface area contributed by atoms with Crippen molar-refractivity contribution in [2.75, 3.05) is 0 Å². The molecule has 2 aliphatic rings. The van der Waals surface area contributed by atoms with Gasteiger partial charge in [-0.3, -0.25) is 0 Å². The van der Waals surface area contributed by atoms with Gasteiger partial charge in [0, 0.05) is 6.42 Å². The van der Waals surface area contributed by atoms with Crippen LogP contribution in [0.15, 0.2) is 4.99 Å². The van der Waals surface area contributed by atoms with Crippen LogP contribution in [0.2, 0.25) is 0 Å². The van der Waals surface area contributed by atoms with Gasteiger partial charge in [0.1, 0.15) is 6.10 Å². The molecular weight excluding hydrogens is 154 g/mol. The summed E-state index contributed by atoms with van der Waals surface area (Å²) in [5.74, 6) is 0.874. The molecular formula is C9H15NO2. The first-order valence-corrected chi connectivity index (χ1v) is 4.71. The predicted octanol–water partition coefficient (Wildman–Crippen LogP) is 1.11. The zero-order valence-electron chi connectivity index (χ0n) is 7.36. The van der Waals surface area contributed by atoms with Crippen molar-refractivity contribution < 1.29 is 9.84 Å². The minimum absolute atomic E-state index is 0.158. The van der Waals surface area contributed by atoms with Gasteiger partial charge in [0.15, 0.2) is 5.90 Å². The summed E-state index contributed by atoms with van der Waals surface area (Å²) in [6.45, 7) is 2.05. The van der Waals surface area contributed by atoms with Crippen LogP contribution in [-0.4, -0.2) is 29.3 Å². The third kappa shape index (κ3) is 1.33. The first kappa shape index (κ1) is 8.05. The number of aliphatic hydroxyl groups excluding tert-OH is 1. The van der Waals surface area contributed by atoms with Crippen LogP contribution in [0.1, 0.15) is 32.6 Å². The van der Waals surface area contributed by atoms with Crippen molar-refractivity contribution in [3.63, 3.8) is 0 Å². The van der Waals surface area contributed by atoms with Crippen LogP contribution in [0.3, 0.4) is 0 Å². The Balaban J connectivity index is 2.02. The normalized spacial score (nSPS) is 40.2. The average Bonchev–Trinajstić information content (AvgIpc) is 2.46. The molecule has 2 rings (SSSR count). The number of rotatable bonds is 1. The molecule has 1 saturated carbocycles. The largest absolute Gasteiger partial charge is 0.475 e. The van der Waals surface area contributed by atoms with Crippen LogP contribution in [0.4, 0.5) is 0 Å². The van der Waals surface area contributed by atoms with Crippen molar-refractivity contribution in [1.82, 2.24) is 0 Å². The van der Waals surface area contributed by atoms with Gasteiger partial charge in [0.25, 0.3) is 0 Å². The topological polar surface area (TPSA) is 41.8 Å². The zero-order valence-corrected chi connectivity index (χ0v) is 7.36. The van der Waals surface area contributed by atoms with E-state index in [1.54, 1.807) is 0 Å². The smallest absolute Gasteiger partial charge is 0.183 e. The molecule has 0 spiro atoms. The van der Waals surface area contributed by atoms with E-state index >= 15 is 0 Å². The lowest BCUT2D eigenvalue weighted by atomic mass is 9.91. The van der Waals surface area contributed by atoms with E-state index in [0.717, 1.165) is 31.6 Å². The van der Waals surface area contributed by atoms with Crippen LogP contribution < -0.4 is 0 Å². The maximum absolute atomic E-state index is 9.39. The van der Waals surface area contributed by atoms with E-state index in [4.69, 9.17) is 4.74 Å². The molecule has 12 heavy (non-hydrogen) atoms. The van der Waals surface area contributed by atoms with Gasteiger partial charge in [-0.2, -0.15) is 0 Å². The predicted molar refractivity (Wildman–Crippen MR) is 46.2 cm³/mol. The summed E-state index contributed by atoms with van der Waals surface area (Å²) in [5, 5.41) is 9.39. The number of fused-ring (bicyclic) bond motifs is 1. The second kappa shape index (κ2) is 3.05. The highest BCUT2D eigenvalue weighted by Gasteiger charge is 2.35. The number of aliphatic hydroxyl groups is 1. The molecule has 0 bridgehead atoms. The Morgan fingerprint density at radius 1 is 1.58 bits per heavy atom. The summed E-state index contributed by atoms with van der Waals surface area (Å²) in [7, 11) is 0. The standard InChI is InChI=1S/C9H15NO2/c1-2-9-10-7-5-6(11)3-4-8(7)12-9/h6-8,11H,2-5H2,1H3. The summed E-state index contributed by atoms with van der Waals surface area (Å²) >= 11 is 0. The molecule has 0 aromatic rings. The summed E-state index contributed by atoms with van der Waals surface area (Å²) in [6.07, 6.45) is 3.60. The van der Waals surface area contributed by atoms with E-state index < -0.39 is 0 Å². The highest BCUT2D eigenvalue weighted by Crippen LogP contribution is 2.29. The van der Waals surface area contributed by atoms with Crippen LogP contribution >= 0.6 is 0 Å². The third-order valence-corrected chi connectivity index (χ3v) is 2.63. The average molecular weight is 169 g/mol. The monoisotopic (exact) mass is 169 g/mol. The zero-order chi connectivity index (χ0) is 8.55. The second-order valence-corrected chi connectivity index (χ2v) is 3.57. The van der Waals surface area contributed by atoms with Gasteiger partial charge >= 0.3 is 0 Å². The number of nitrogens with zero attached hydrogens (tertiary/aromatic N) is 1. The molecule has 68 valence electrons. The molecule has 1 heterocycles. The Morgan fingerprint density at radius 2 is 2.42 bits per heavy atom. The number of hydrogen-bond acceptors (Lipinski definition) is 3. The Morgan fingerprint density at radius 3 is 3.17 bits per heavy atom. The van der Waals surface area contributed by atoms with E-state index in [2.05, 4.69) is 4.99 Å². The molecule has 3 heteroatoms. The Hall–Kier alpha value is -0.570. The van der Waals surface area contributed by atoms with Crippen molar-refractivity contribution in [2.24, 2.45) is 4.99 Å². The molecule has 0 radical (unpaired) electrons. The third-order valence-electron chi connectivity index (χ3n) is 2.63. The minimum Gasteiger partial charge on any atom is -0.475 e. The Kier molecular flexibility index (Phi) is 2.05. The molecule has 1 aliphatic heterocycles. The van der Waals surface area contributed by atoms with Crippen molar-refractivity contribution in [1.29, 1.82) is 0 Å². The molecule has 0 aromatic carbocycles. The maximum Gasteiger partial charge on any atom is 0.183 e. The van der Waals surface area contributed by atoms with Crippen molar-refractivity contribution in [2.45, 2.75) is 50.9 Å². The number of aliphatic imine (C=N–C) groups is 1. The van der Waals surface area contributed by atoms with Gasteiger partial charge in [-0.25, -0.2) is 4.99 Å². The van der Waals surface area contributed by atoms with Crippen molar-refractivity contribution >= 4 is 5.90 Å².